The number of carbonyl (C=O) groups excluding carboxylic acids is 1. The van der Waals surface area contributed by atoms with E-state index in [-0.39, 0.29) is 10.8 Å². The first-order chi connectivity index (χ1) is 13.6. The van der Waals surface area contributed by atoms with Gasteiger partial charge in [-0.3, -0.25) is 14.0 Å². The van der Waals surface area contributed by atoms with Crippen molar-refractivity contribution < 1.29 is 13.2 Å². The Balaban J connectivity index is 2.03. The fraction of sp³-hybridized carbons (Fsp3) is 0.409. The molecule has 0 saturated carbocycles. The normalized spacial score (nSPS) is 11.9. The molecule has 0 bridgehead atoms. The van der Waals surface area contributed by atoms with E-state index in [0.29, 0.717) is 29.9 Å². The minimum Gasteiger partial charge on any atom is -0.351 e. The van der Waals surface area contributed by atoms with Crippen molar-refractivity contribution in [3.8, 4) is 0 Å². The first kappa shape index (κ1) is 22.9. The zero-order valence-corrected chi connectivity index (χ0v) is 18.6. The van der Waals surface area contributed by atoms with Gasteiger partial charge in [-0.2, -0.15) is 0 Å². The van der Waals surface area contributed by atoms with E-state index in [1.165, 1.54) is 23.5 Å². The molecule has 0 atom stereocenters. The summed E-state index contributed by atoms with van der Waals surface area (Å²) in [7, 11) is -2.17. The molecule has 158 valence electrons. The van der Waals surface area contributed by atoms with Crippen LogP contribution in [0.25, 0.3) is 0 Å². The van der Waals surface area contributed by atoms with Crippen molar-refractivity contribution >= 4 is 21.6 Å². The Kier molecular flexibility index (Phi) is 7.81. The largest absolute Gasteiger partial charge is 0.351 e. The molecule has 6 nitrogen and oxygen atoms in total. The molecule has 29 heavy (non-hydrogen) atoms. The van der Waals surface area contributed by atoms with Crippen LogP contribution in [0.4, 0.5) is 5.69 Å². The van der Waals surface area contributed by atoms with E-state index >= 15 is 0 Å². The molecule has 7 heteroatoms. The molecule has 0 spiro atoms. The summed E-state index contributed by atoms with van der Waals surface area (Å²) in [5.74, 6) is -0.210. The molecule has 0 aliphatic heterocycles. The third-order valence-electron chi connectivity index (χ3n) is 4.88. The highest BCUT2D eigenvalue weighted by Gasteiger charge is 2.21. The second-order valence-electron chi connectivity index (χ2n) is 7.51. The molecule has 0 aliphatic carbocycles. The fourth-order valence-electron chi connectivity index (χ4n) is 3.23. The van der Waals surface area contributed by atoms with E-state index < -0.39 is 10.0 Å². The zero-order chi connectivity index (χ0) is 21.6. The average molecular weight is 418 g/mol. The van der Waals surface area contributed by atoms with Gasteiger partial charge in [0.05, 0.1) is 10.6 Å². The van der Waals surface area contributed by atoms with Gasteiger partial charge in [0.15, 0.2) is 0 Å². The summed E-state index contributed by atoms with van der Waals surface area (Å²) >= 11 is 0. The number of sulfonamides is 1. The molecular formula is C22H31N3O3S. The second kappa shape index (κ2) is 9.89. The predicted octanol–water partition coefficient (Wildman–Crippen LogP) is 3.36. The standard InChI is InChI=1S/C22H31N3O3S/c1-17(2)25(18(3)4)16-15-23-22(26)19-11-13-21(14-12-19)29(27,28)24(5)20-9-7-6-8-10-20/h6-14,17-18H,15-16H2,1-5H3,(H,23,26). The maximum Gasteiger partial charge on any atom is 0.264 e. The van der Waals surface area contributed by atoms with Gasteiger partial charge in [-0.15, -0.1) is 0 Å². The van der Waals surface area contributed by atoms with Crippen LogP contribution in [0.15, 0.2) is 59.5 Å². The quantitative estimate of drug-likeness (QED) is 0.679. The van der Waals surface area contributed by atoms with E-state index in [0.717, 1.165) is 6.54 Å². The van der Waals surface area contributed by atoms with Gasteiger partial charge in [0.1, 0.15) is 0 Å². The van der Waals surface area contributed by atoms with Crippen molar-refractivity contribution in [3.63, 3.8) is 0 Å². The topological polar surface area (TPSA) is 69.7 Å². The Morgan fingerprint density at radius 2 is 1.48 bits per heavy atom. The summed E-state index contributed by atoms with van der Waals surface area (Å²) in [5.41, 5.74) is 1.01. The van der Waals surface area contributed by atoms with Gasteiger partial charge >= 0.3 is 0 Å². The van der Waals surface area contributed by atoms with Gasteiger partial charge in [0.2, 0.25) is 0 Å². The number of nitrogens with zero attached hydrogens (tertiary/aromatic N) is 2. The maximum atomic E-state index is 12.8. The lowest BCUT2D eigenvalue weighted by atomic mass is 10.2. The SMILES string of the molecule is CC(C)N(CCNC(=O)c1ccc(S(=O)(=O)N(C)c2ccccc2)cc1)C(C)C. The molecule has 2 rings (SSSR count). The predicted molar refractivity (Wildman–Crippen MR) is 118 cm³/mol. The van der Waals surface area contributed by atoms with Gasteiger partial charge in [0, 0.05) is 37.8 Å². The number of hydrogen-bond donors (Lipinski definition) is 1. The lowest BCUT2D eigenvalue weighted by Gasteiger charge is -2.30. The number of amides is 1. The van der Waals surface area contributed by atoms with E-state index in [9.17, 15) is 13.2 Å². The van der Waals surface area contributed by atoms with Gasteiger partial charge in [-0.25, -0.2) is 8.42 Å². The molecule has 0 unspecified atom stereocenters. The van der Waals surface area contributed by atoms with E-state index in [2.05, 4.69) is 37.9 Å². The summed E-state index contributed by atoms with van der Waals surface area (Å²) in [6.07, 6.45) is 0. The van der Waals surface area contributed by atoms with Gasteiger partial charge in [0.25, 0.3) is 15.9 Å². The second-order valence-corrected chi connectivity index (χ2v) is 9.48. The Labute approximate surface area is 174 Å². The van der Waals surface area contributed by atoms with Crippen LogP contribution in [-0.2, 0) is 10.0 Å². The summed E-state index contributed by atoms with van der Waals surface area (Å²) < 4.78 is 26.8. The molecule has 0 aromatic heterocycles. The maximum absolute atomic E-state index is 12.8. The highest BCUT2D eigenvalue weighted by atomic mass is 32.2. The van der Waals surface area contributed by atoms with Gasteiger partial charge in [-0.05, 0) is 64.1 Å². The van der Waals surface area contributed by atoms with Crippen molar-refractivity contribution in [2.24, 2.45) is 0 Å². The Morgan fingerprint density at radius 1 is 0.931 bits per heavy atom. The van der Waals surface area contributed by atoms with Gasteiger partial charge < -0.3 is 5.32 Å². The Bertz CT molecular complexity index is 887. The average Bonchev–Trinajstić information content (AvgIpc) is 2.70. The number of anilines is 1. The Morgan fingerprint density at radius 3 is 2.00 bits per heavy atom. The molecule has 0 saturated heterocycles. The minimum absolute atomic E-state index is 0.145. The van der Waals surface area contributed by atoms with E-state index in [1.54, 1.807) is 36.4 Å². The first-order valence-electron chi connectivity index (χ1n) is 9.82. The molecule has 1 N–H and O–H groups in total. The number of carbonyl (C=O) groups is 1. The fourth-order valence-corrected chi connectivity index (χ4v) is 4.42. The Hall–Kier alpha value is -2.38. The summed E-state index contributed by atoms with van der Waals surface area (Å²) in [4.78, 5) is 14.8. The zero-order valence-electron chi connectivity index (χ0n) is 17.8. The van der Waals surface area contributed by atoms with Crippen LogP contribution in [0.5, 0.6) is 0 Å². The van der Waals surface area contributed by atoms with Crippen molar-refractivity contribution in [3.05, 3.63) is 60.2 Å². The summed E-state index contributed by atoms with van der Waals surface area (Å²) in [5, 5.41) is 2.91. The molecule has 0 radical (unpaired) electrons. The highest BCUT2D eigenvalue weighted by Crippen LogP contribution is 2.21. The third-order valence-corrected chi connectivity index (χ3v) is 6.68. The van der Waals surface area contributed by atoms with E-state index in [1.807, 2.05) is 6.07 Å². The minimum atomic E-state index is -3.69. The monoisotopic (exact) mass is 417 g/mol. The van der Waals surface area contributed by atoms with Crippen LogP contribution in [0.1, 0.15) is 38.1 Å². The highest BCUT2D eigenvalue weighted by molar-refractivity contribution is 7.92. The van der Waals surface area contributed by atoms with Crippen molar-refractivity contribution in [2.75, 3.05) is 24.4 Å². The van der Waals surface area contributed by atoms with Crippen LogP contribution in [0.3, 0.4) is 0 Å². The number of benzene rings is 2. The lowest BCUT2D eigenvalue weighted by Crippen LogP contribution is -2.42. The van der Waals surface area contributed by atoms with E-state index in [4.69, 9.17) is 0 Å². The molecule has 2 aromatic rings. The summed E-state index contributed by atoms with van der Waals surface area (Å²) in [6.45, 7) is 9.82. The smallest absolute Gasteiger partial charge is 0.264 e. The molecule has 0 aliphatic rings. The first-order valence-corrected chi connectivity index (χ1v) is 11.3. The molecule has 2 aromatic carbocycles. The van der Waals surface area contributed by atoms with Crippen LogP contribution >= 0.6 is 0 Å². The molecule has 1 amide bonds. The third kappa shape index (κ3) is 5.81. The van der Waals surface area contributed by atoms with Crippen molar-refractivity contribution in [1.82, 2.24) is 10.2 Å². The van der Waals surface area contributed by atoms with Crippen LogP contribution in [0.2, 0.25) is 0 Å². The van der Waals surface area contributed by atoms with Crippen LogP contribution < -0.4 is 9.62 Å². The number of rotatable bonds is 9. The molecular weight excluding hydrogens is 386 g/mol. The number of hydrogen-bond acceptors (Lipinski definition) is 4. The molecule has 0 fully saturated rings. The lowest BCUT2D eigenvalue weighted by molar-refractivity contribution is 0.0939. The summed E-state index contributed by atoms with van der Waals surface area (Å²) in [6, 6.07) is 15.7. The number of para-hydroxylation sites is 1. The van der Waals surface area contributed by atoms with Gasteiger partial charge in [-0.1, -0.05) is 18.2 Å². The number of nitrogens with one attached hydrogen (secondary N) is 1. The molecule has 0 heterocycles. The van der Waals surface area contributed by atoms with Crippen LogP contribution in [-0.4, -0.2) is 51.4 Å². The van der Waals surface area contributed by atoms with Crippen molar-refractivity contribution in [2.45, 2.75) is 44.7 Å². The van der Waals surface area contributed by atoms with Crippen molar-refractivity contribution in [1.29, 1.82) is 0 Å². The van der Waals surface area contributed by atoms with Crippen LogP contribution in [0, 0.1) is 0 Å².